The predicted molar refractivity (Wildman–Crippen MR) is 122 cm³/mol. The topological polar surface area (TPSA) is 107 Å². The molecular weight excluding hydrogens is 434 g/mol. The Bertz CT molecular complexity index is 1050. The molecule has 11 heteroatoms. The van der Waals surface area contributed by atoms with Crippen molar-refractivity contribution in [2.45, 2.75) is 17.6 Å². The summed E-state index contributed by atoms with van der Waals surface area (Å²) in [5, 5.41) is 18.8. The first-order valence-electron chi connectivity index (χ1n) is 9.69. The molecule has 1 aromatic carbocycles. The van der Waals surface area contributed by atoms with Gasteiger partial charge in [-0.25, -0.2) is 9.67 Å². The van der Waals surface area contributed by atoms with E-state index in [4.69, 9.17) is 4.84 Å². The average Bonchev–Trinajstić information content (AvgIpc) is 3.23. The van der Waals surface area contributed by atoms with Crippen molar-refractivity contribution in [2.75, 3.05) is 16.8 Å². The number of amides is 1. The van der Waals surface area contributed by atoms with Crippen LogP contribution in [0.25, 0.3) is 0 Å². The molecule has 0 atom stereocenters. The number of hydrogen-bond acceptors (Lipinski definition) is 9. The lowest BCUT2D eigenvalue weighted by atomic mass is 10.1. The Balaban J connectivity index is 1.44. The lowest BCUT2D eigenvalue weighted by Gasteiger charge is -2.19. The third kappa shape index (κ3) is 5.61. The number of pyridine rings is 1. The summed E-state index contributed by atoms with van der Waals surface area (Å²) in [5.41, 5.74) is 2.00. The van der Waals surface area contributed by atoms with Gasteiger partial charge in [-0.3, -0.25) is 4.79 Å². The number of nitrogens with one attached hydrogen (secondary N) is 1. The van der Waals surface area contributed by atoms with Gasteiger partial charge in [0, 0.05) is 12.6 Å². The number of tetrazole rings is 1. The van der Waals surface area contributed by atoms with Gasteiger partial charge in [-0.2, -0.15) is 0 Å². The Labute approximate surface area is 188 Å². The number of aryl methyl sites for hydroxylation is 1. The second kappa shape index (κ2) is 10.4. The molecule has 0 radical (unpaired) electrons. The number of aromatic nitrogens is 5. The van der Waals surface area contributed by atoms with E-state index >= 15 is 0 Å². The van der Waals surface area contributed by atoms with Crippen LogP contribution in [0.4, 0.5) is 5.82 Å². The normalized spacial score (nSPS) is 14.9. The maximum atomic E-state index is 12.4. The zero-order chi connectivity index (χ0) is 21.5. The molecule has 2 aromatic heterocycles. The van der Waals surface area contributed by atoms with Gasteiger partial charge in [0.2, 0.25) is 11.7 Å². The fourth-order valence-electron chi connectivity index (χ4n) is 2.87. The van der Waals surface area contributed by atoms with Gasteiger partial charge in [-0.1, -0.05) is 41.6 Å². The van der Waals surface area contributed by atoms with Gasteiger partial charge in [-0.05, 0) is 40.5 Å². The summed E-state index contributed by atoms with van der Waals surface area (Å²) < 4.78 is 1.44. The molecule has 3 aromatic rings. The molecule has 1 aliphatic rings. The number of hydrogen-bond donors (Lipinski definition) is 1. The molecule has 1 fully saturated rings. The van der Waals surface area contributed by atoms with Crippen LogP contribution >= 0.6 is 23.5 Å². The molecular formula is C20H21N7O2S2. The Kier molecular flexibility index (Phi) is 7.15. The van der Waals surface area contributed by atoms with Gasteiger partial charge in [0.1, 0.15) is 10.4 Å². The molecule has 4 rings (SSSR count). The van der Waals surface area contributed by atoms with Crippen LogP contribution in [0.15, 0.2) is 53.7 Å². The van der Waals surface area contributed by atoms with E-state index in [9.17, 15) is 4.79 Å². The summed E-state index contributed by atoms with van der Waals surface area (Å²) in [4.78, 5) is 22.5. The minimum atomic E-state index is -0.0894. The largest absolute Gasteiger partial charge is 0.389 e. The van der Waals surface area contributed by atoms with Crippen LogP contribution in [-0.2, 0) is 23.3 Å². The quantitative estimate of drug-likeness (QED) is 0.428. The second-order valence-corrected chi connectivity index (χ2v) is 9.36. The molecule has 0 spiro atoms. The zero-order valence-electron chi connectivity index (χ0n) is 16.8. The van der Waals surface area contributed by atoms with Crippen molar-refractivity contribution in [1.29, 1.82) is 0 Å². The van der Waals surface area contributed by atoms with Crippen molar-refractivity contribution in [2.24, 2.45) is 12.2 Å². The van der Waals surface area contributed by atoms with Crippen LogP contribution in [-0.4, -0.2) is 52.9 Å². The number of carbonyl (C=O) groups is 1. The van der Waals surface area contributed by atoms with Crippen molar-refractivity contribution in [3.8, 4) is 0 Å². The Hall–Kier alpha value is -2.92. The maximum Gasteiger partial charge on any atom is 0.248 e. The predicted octanol–water partition coefficient (Wildman–Crippen LogP) is 2.71. The number of rotatable bonds is 7. The summed E-state index contributed by atoms with van der Waals surface area (Å²) in [6.07, 6.45) is 1.14. The SMILES string of the molecule is Cn1nnnc1/C(=N\OCc1cccc(NC(=O)C2SCCCS2)n1)c1ccccc1. The van der Waals surface area contributed by atoms with E-state index in [2.05, 4.69) is 31.0 Å². The smallest absolute Gasteiger partial charge is 0.248 e. The van der Waals surface area contributed by atoms with Crippen LogP contribution in [0.5, 0.6) is 0 Å². The minimum absolute atomic E-state index is 0.0283. The number of oxime groups is 1. The van der Waals surface area contributed by atoms with Gasteiger partial charge in [0.05, 0.1) is 5.69 Å². The third-order valence-corrected chi connectivity index (χ3v) is 7.25. The van der Waals surface area contributed by atoms with Crippen molar-refractivity contribution in [3.05, 3.63) is 65.6 Å². The maximum absolute atomic E-state index is 12.4. The van der Waals surface area contributed by atoms with Gasteiger partial charge < -0.3 is 10.2 Å². The van der Waals surface area contributed by atoms with E-state index in [1.165, 1.54) is 4.68 Å². The van der Waals surface area contributed by atoms with Gasteiger partial charge in [0.15, 0.2) is 12.3 Å². The van der Waals surface area contributed by atoms with Gasteiger partial charge >= 0.3 is 0 Å². The molecule has 1 aliphatic heterocycles. The van der Waals surface area contributed by atoms with Crippen molar-refractivity contribution >= 4 is 41.0 Å². The highest BCUT2D eigenvalue weighted by atomic mass is 32.2. The average molecular weight is 456 g/mol. The molecule has 9 nitrogen and oxygen atoms in total. The Morgan fingerprint density at radius 1 is 1.19 bits per heavy atom. The summed E-state index contributed by atoms with van der Waals surface area (Å²) in [6, 6.07) is 15.0. The minimum Gasteiger partial charge on any atom is -0.389 e. The molecule has 3 heterocycles. The summed E-state index contributed by atoms with van der Waals surface area (Å²) >= 11 is 3.34. The number of benzene rings is 1. The van der Waals surface area contributed by atoms with Crippen LogP contribution in [0, 0.1) is 0 Å². The molecule has 0 unspecified atom stereocenters. The molecule has 1 saturated heterocycles. The standard InChI is InChI=1S/C20H21N7O2S2/c1-27-18(23-25-26-27)17(14-7-3-2-4-8-14)24-29-13-15-9-5-10-16(21-15)22-19(28)20-30-11-6-12-31-20/h2-5,7-10,20H,6,11-13H2,1H3,(H,21,22,28)/b24-17-. The molecule has 0 bridgehead atoms. The first-order valence-corrected chi connectivity index (χ1v) is 11.8. The molecule has 0 saturated carbocycles. The first-order chi connectivity index (χ1) is 15.2. The number of nitrogens with zero attached hydrogens (tertiary/aromatic N) is 6. The number of anilines is 1. The van der Waals surface area contributed by atoms with Crippen LogP contribution < -0.4 is 5.32 Å². The van der Waals surface area contributed by atoms with Gasteiger partial charge in [-0.15, -0.1) is 28.6 Å². The fourth-order valence-corrected chi connectivity index (χ4v) is 5.48. The highest BCUT2D eigenvalue weighted by Crippen LogP contribution is 2.31. The summed E-state index contributed by atoms with van der Waals surface area (Å²) in [7, 11) is 1.74. The lowest BCUT2D eigenvalue weighted by molar-refractivity contribution is -0.114. The van der Waals surface area contributed by atoms with Gasteiger partial charge in [0.25, 0.3) is 0 Å². The van der Waals surface area contributed by atoms with Crippen LogP contribution in [0.3, 0.4) is 0 Å². The van der Waals surface area contributed by atoms with Crippen LogP contribution in [0.2, 0.25) is 0 Å². The van der Waals surface area contributed by atoms with Crippen molar-refractivity contribution in [1.82, 2.24) is 25.2 Å². The zero-order valence-corrected chi connectivity index (χ0v) is 18.5. The molecule has 31 heavy (non-hydrogen) atoms. The lowest BCUT2D eigenvalue weighted by Crippen LogP contribution is -2.25. The highest BCUT2D eigenvalue weighted by molar-refractivity contribution is 8.18. The number of carbonyl (C=O) groups excluding carboxylic acids is 1. The molecule has 0 aliphatic carbocycles. The summed E-state index contributed by atoms with van der Waals surface area (Å²) in [5.74, 6) is 2.98. The van der Waals surface area contributed by atoms with E-state index in [1.807, 2.05) is 42.5 Å². The van der Waals surface area contributed by atoms with E-state index in [0.717, 1.165) is 23.5 Å². The van der Waals surface area contributed by atoms with Crippen molar-refractivity contribution in [3.63, 3.8) is 0 Å². The molecule has 160 valence electrons. The third-order valence-electron chi connectivity index (χ3n) is 4.35. The van der Waals surface area contributed by atoms with E-state index in [0.29, 0.717) is 23.0 Å². The molecule has 1 N–H and O–H groups in total. The summed E-state index contributed by atoms with van der Waals surface area (Å²) in [6.45, 7) is 0.137. The van der Waals surface area contributed by atoms with E-state index in [-0.39, 0.29) is 17.1 Å². The highest BCUT2D eigenvalue weighted by Gasteiger charge is 2.22. The Morgan fingerprint density at radius 2 is 2.00 bits per heavy atom. The van der Waals surface area contributed by atoms with Crippen molar-refractivity contribution < 1.29 is 9.63 Å². The van der Waals surface area contributed by atoms with E-state index < -0.39 is 0 Å². The fraction of sp³-hybridized carbons (Fsp3) is 0.300. The van der Waals surface area contributed by atoms with E-state index in [1.54, 1.807) is 36.6 Å². The molecule has 1 amide bonds. The first kappa shape index (κ1) is 21.3. The monoisotopic (exact) mass is 455 g/mol. The number of thioether (sulfide) groups is 2. The second-order valence-electron chi connectivity index (χ2n) is 6.64. The Morgan fingerprint density at radius 3 is 2.74 bits per heavy atom. The van der Waals surface area contributed by atoms with Crippen LogP contribution in [0.1, 0.15) is 23.5 Å².